The van der Waals surface area contributed by atoms with Crippen LogP contribution >= 0.6 is 0 Å². The number of fused-ring (bicyclic) bond motifs is 1. The molecule has 4 heteroatoms. The molecular weight excluding hydrogens is 238 g/mol. The first kappa shape index (κ1) is 13.6. The predicted molar refractivity (Wildman–Crippen MR) is 74.6 cm³/mol. The van der Waals surface area contributed by atoms with E-state index in [1.54, 1.807) is 0 Å². The lowest BCUT2D eigenvalue weighted by Gasteiger charge is -2.26. The van der Waals surface area contributed by atoms with E-state index in [9.17, 15) is 5.11 Å². The van der Waals surface area contributed by atoms with Gasteiger partial charge in [-0.2, -0.15) is 5.26 Å². The minimum atomic E-state index is -0.742. The lowest BCUT2D eigenvalue weighted by atomic mass is 9.97. The Morgan fingerprint density at radius 3 is 2.63 bits per heavy atom. The standard InChI is InChI=1S/C15H19N3O/c1-3-15(19,4-2)11-18-13-8-6-5-7-12(13)17-14(18)9-10-16/h5-8,19H,3-4,9,11H2,1-2H3. The topological polar surface area (TPSA) is 61.8 Å². The van der Waals surface area contributed by atoms with E-state index < -0.39 is 5.60 Å². The Hall–Kier alpha value is -1.86. The molecular formula is C15H19N3O. The molecule has 0 amide bonds. The molecule has 100 valence electrons. The molecule has 0 saturated carbocycles. The maximum absolute atomic E-state index is 10.5. The van der Waals surface area contributed by atoms with Gasteiger partial charge >= 0.3 is 0 Å². The van der Waals surface area contributed by atoms with Crippen molar-refractivity contribution in [2.24, 2.45) is 0 Å². The van der Waals surface area contributed by atoms with Gasteiger partial charge in [-0.05, 0) is 25.0 Å². The quantitative estimate of drug-likeness (QED) is 0.895. The van der Waals surface area contributed by atoms with Gasteiger partial charge in [0.2, 0.25) is 0 Å². The second kappa shape index (κ2) is 5.41. The monoisotopic (exact) mass is 257 g/mol. The Labute approximate surface area is 113 Å². The summed E-state index contributed by atoms with van der Waals surface area (Å²) in [5.41, 5.74) is 1.11. The number of hydrogen-bond donors (Lipinski definition) is 1. The fourth-order valence-corrected chi connectivity index (χ4v) is 2.28. The van der Waals surface area contributed by atoms with E-state index in [0.717, 1.165) is 16.9 Å². The van der Waals surface area contributed by atoms with Crippen molar-refractivity contribution in [3.05, 3.63) is 30.1 Å². The SMILES string of the molecule is CCC(O)(CC)Cn1c(CC#N)nc2ccccc21. The molecule has 0 saturated heterocycles. The number of hydrogen-bond acceptors (Lipinski definition) is 3. The van der Waals surface area contributed by atoms with Gasteiger partial charge in [-0.15, -0.1) is 0 Å². The summed E-state index contributed by atoms with van der Waals surface area (Å²) < 4.78 is 1.98. The zero-order valence-corrected chi connectivity index (χ0v) is 11.4. The van der Waals surface area contributed by atoms with Crippen molar-refractivity contribution >= 4 is 11.0 Å². The van der Waals surface area contributed by atoms with Crippen LogP contribution in [0.3, 0.4) is 0 Å². The van der Waals surface area contributed by atoms with E-state index in [1.165, 1.54) is 0 Å². The zero-order valence-electron chi connectivity index (χ0n) is 11.4. The van der Waals surface area contributed by atoms with Crippen molar-refractivity contribution < 1.29 is 5.11 Å². The molecule has 2 aromatic rings. The lowest BCUT2D eigenvalue weighted by molar-refractivity contribution is 0.0155. The van der Waals surface area contributed by atoms with Crippen LogP contribution in [-0.4, -0.2) is 20.3 Å². The molecule has 0 fully saturated rings. The van der Waals surface area contributed by atoms with Crippen LogP contribution in [0.2, 0.25) is 0 Å². The third kappa shape index (κ3) is 2.61. The molecule has 0 radical (unpaired) electrons. The second-order valence-corrected chi connectivity index (χ2v) is 4.87. The van der Waals surface area contributed by atoms with Crippen LogP contribution in [0.5, 0.6) is 0 Å². The van der Waals surface area contributed by atoms with Crippen molar-refractivity contribution in [1.29, 1.82) is 5.26 Å². The molecule has 0 aliphatic heterocycles. The van der Waals surface area contributed by atoms with Gasteiger partial charge in [-0.1, -0.05) is 26.0 Å². The molecule has 2 rings (SSSR count). The normalized spacial score (nSPS) is 11.7. The van der Waals surface area contributed by atoms with Gasteiger partial charge < -0.3 is 9.67 Å². The molecule has 1 N–H and O–H groups in total. The summed E-state index contributed by atoms with van der Waals surface area (Å²) in [6, 6.07) is 9.94. The third-order valence-corrected chi connectivity index (χ3v) is 3.74. The van der Waals surface area contributed by atoms with Gasteiger partial charge in [0.1, 0.15) is 5.82 Å². The van der Waals surface area contributed by atoms with Crippen molar-refractivity contribution in [2.75, 3.05) is 0 Å². The number of para-hydroxylation sites is 2. The van der Waals surface area contributed by atoms with Crippen LogP contribution in [0.4, 0.5) is 0 Å². The fourth-order valence-electron chi connectivity index (χ4n) is 2.28. The average molecular weight is 257 g/mol. The molecule has 0 bridgehead atoms. The first-order valence-corrected chi connectivity index (χ1v) is 6.67. The van der Waals surface area contributed by atoms with Crippen LogP contribution in [0.15, 0.2) is 24.3 Å². The molecule has 0 aliphatic carbocycles. The third-order valence-electron chi connectivity index (χ3n) is 3.74. The second-order valence-electron chi connectivity index (χ2n) is 4.87. The van der Waals surface area contributed by atoms with Crippen LogP contribution in [0, 0.1) is 11.3 Å². The predicted octanol–water partition coefficient (Wildman–Crippen LogP) is 2.65. The average Bonchev–Trinajstić information content (AvgIpc) is 2.77. The fraction of sp³-hybridized carbons (Fsp3) is 0.467. The summed E-state index contributed by atoms with van der Waals surface area (Å²) in [6.07, 6.45) is 1.63. The molecule has 0 spiro atoms. The summed E-state index contributed by atoms with van der Waals surface area (Å²) in [5.74, 6) is 0.726. The Balaban J connectivity index is 2.50. The molecule has 1 heterocycles. The number of nitriles is 1. The van der Waals surface area contributed by atoms with Crippen molar-refractivity contribution in [1.82, 2.24) is 9.55 Å². The van der Waals surface area contributed by atoms with Gasteiger partial charge in [0, 0.05) is 0 Å². The van der Waals surface area contributed by atoms with Crippen LogP contribution in [0.25, 0.3) is 11.0 Å². The molecule has 1 aromatic carbocycles. The summed E-state index contributed by atoms with van der Waals surface area (Å²) in [6.45, 7) is 4.44. The Morgan fingerprint density at radius 2 is 2.00 bits per heavy atom. The highest BCUT2D eigenvalue weighted by Gasteiger charge is 2.25. The number of imidazole rings is 1. The van der Waals surface area contributed by atoms with Gasteiger partial charge in [0.25, 0.3) is 0 Å². The number of benzene rings is 1. The maximum Gasteiger partial charge on any atom is 0.124 e. The number of nitrogens with zero attached hydrogens (tertiary/aromatic N) is 3. The lowest BCUT2D eigenvalue weighted by Crippen LogP contribution is -2.33. The van der Waals surface area contributed by atoms with E-state index >= 15 is 0 Å². The van der Waals surface area contributed by atoms with Gasteiger partial charge in [-0.25, -0.2) is 4.98 Å². The van der Waals surface area contributed by atoms with Gasteiger partial charge in [-0.3, -0.25) is 0 Å². The highest BCUT2D eigenvalue weighted by Crippen LogP contribution is 2.23. The molecule has 0 aliphatic rings. The smallest absolute Gasteiger partial charge is 0.124 e. The minimum Gasteiger partial charge on any atom is -0.388 e. The van der Waals surface area contributed by atoms with Gasteiger partial charge in [0.15, 0.2) is 0 Å². The first-order chi connectivity index (χ1) is 9.13. The van der Waals surface area contributed by atoms with Crippen molar-refractivity contribution in [3.8, 4) is 6.07 Å². The van der Waals surface area contributed by atoms with Crippen LogP contribution in [0.1, 0.15) is 32.5 Å². The summed E-state index contributed by atoms with van der Waals surface area (Å²) in [7, 11) is 0. The maximum atomic E-state index is 10.5. The molecule has 19 heavy (non-hydrogen) atoms. The highest BCUT2D eigenvalue weighted by molar-refractivity contribution is 5.76. The number of rotatable bonds is 5. The van der Waals surface area contributed by atoms with Crippen molar-refractivity contribution in [3.63, 3.8) is 0 Å². The van der Waals surface area contributed by atoms with E-state index in [0.29, 0.717) is 19.4 Å². The molecule has 0 atom stereocenters. The number of aliphatic hydroxyl groups is 1. The Bertz CT molecular complexity index is 605. The first-order valence-electron chi connectivity index (χ1n) is 6.67. The van der Waals surface area contributed by atoms with E-state index in [4.69, 9.17) is 5.26 Å². The number of aromatic nitrogens is 2. The zero-order chi connectivity index (χ0) is 13.9. The van der Waals surface area contributed by atoms with Crippen LogP contribution < -0.4 is 0 Å². The van der Waals surface area contributed by atoms with E-state index in [-0.39, 0.29) is 6.42 Å². The summed E-state index contributed by atoms with van der Waals surface area (Å²) in [4.78, 5) is 4.48. The summed E-state index contributed by atoms with van der Waals surface area (Å²) in [5, 5.41) is 19.4. The molecule has 4 nitrogen and oxygen atoms in total. The largest absolute Gasteiger partial charge is 0.388 e. The van der Waals surface area contributed by atoms with Crippen LogP contribution in [-0.2, 0) is 13.0 Å². The molecule has 0 unspecified atom stereocenters. The van der Waals surface area contributed by atoms with Gasteiger partial charge in [0.05, 0.1) is 35.7 Å². The summed E-state index contributed by atoms with van der Waals surface area (Å²) >= 11 is 0. The van der Waals surface area contributed by atoms with E-state index in [2.05, 4.69) is 11.1 Å². The van der Waals surface area contributed by atoms with Crippen molar-refractivity contribution in [2.45, 2.75) is 45.3 Å². The minimum absolute atomic E-state index is 0.262. The Morgan fingerprint density at radius 1 is 1.32 bits per heavy atom. The van der Waals surface area contributed by atoms with E-state index in [1.807, 2.05) is 42.7 Å². The Kier molecular flexibility index (Phi) is 3.87. The highest BCUT2D eigenvalue weighted by atomic mass is 16.3. The molecule has 1 aromatic heterocycles.